The van der Waals surface area contributed by atoms with Crippen molar-refractivity contribution < 1.29 is 5.11 Å². The molecule has 1 heterocycles. The first-order valence-corrected chi connectivity index (χ1v) is 6.37. The van der Waals surface area contributed by atoms with E-state index in [1.165, 1.54) is 45.3 Å². The van der Waals surface area contributed by atoms with Crippen LogP contribution in [0, 0.1) is 5.92 Å². The molecule has 0 unspecified atom stereocenters. The van der Waals surface area contributed by atoms with Crippen LogP contribution < -0.4 is 5.32 Å². The summed E-state index contributed by atoms with van der Waals surface area (Å²) in [4.78, 5) is 2.61. The third kappa shape index (κ3) is 3.74. The topological polar surface area (TPSA) is 35.5 Å². The Morgan fingerprint density at radius 3 is 2.47 bits per heavy atom. The van der Waals surface area contributed by atoms with Gasteiger partial charge in [-0.1, -0.05) is 0 Å². The maximum Gasteiger partial charge on any atom is 0.0582 e. The monoisotopic (exact) mass is 212 g/mol. The van der Waals surface area contributed by atoms with Gasteiger partial charge in [0.25, 0.3) is 0 Å². The van der Waals surface area contributed by atoms with Crippen LogP contribution >= 0.6 is 0 Å². The van der Waals surface area contributed by atoms with Crippen molar-refractivity contribution in [1.29, 1.82) is 0 Å². The minimum absolute atomic E-state index is 0.252. The van der Waals surface area contributed by atoms with Gasteiger partial charge in [-0.3, -0.25) is 0 Å². The highest BCUT2D eigenvalue weighted by Gasteiger charge is 2.27. The van der Waals surface area contributed by atoms with Crippen LogP contribution in [-0.2, 0) is 0 Å². The molecule has 0 radical (unpaired) electrons. The SMILES string of the molecule is C[C@H](CO)NC1CCN(CC2CC2)CC1. The molecule has 0 aromatic carbocycles. The first-order valence-electron chi connectivity index (χ1n) is 6.37. The van der Waals surface area contributed by atoms with Crippen molar-refractivity contribution >= 4 is 0 Å². The van der Waals surface area contributed by atoms with Crippen molar-refractivity contribution in [1.82, 2.24) is 10.2 Å². The quantitative estimate of drug-likeness (QED) is 0.708. The minimum atomic E-state index is 0.252. The number of aliphatic hydroxyl groups is 1. The first kappa shape index (κ1) is 11.4. The van der Waals surface area contributed by atoms with Gasteiger partial charge in [0.15, 0.2) is 0 Å². The van der Waals surface area contributed by atoms with Gasteiger partial charge in [-0.15, -0.1) is 0 Å². The maximum absolute atomic E-state index is 8.97. The number of aliphatic hydroxyl groups excluding tert-OH is 1. The minimum Gasteiger partial charge on any atom is -0.395 e. The Hall–Kier alpha value is -0.120. The lowest BCUT2D eigenvalue weighted by Gasteiger charge is -2.33. The smallest absolute Gasteiger partial charge is 0.0582 e. The van der Waals surface area contributed by atoms with Gasteiger partial charge in [0.05, 0.1) is 6.61 Å². The van der Waals surface area contributed by atoms with Crippen molar-refractivity contribution in [3.63, 3.8) is 0 Å². The fourth-order valence-corrected chi connectivity index (χ4v) is 2.40. The fourth-order valence-electron chi connectivity index (χ4n) is 2.40. The van der Waals surface area contributed by atoms with E-state index in [0.717, 1.165) is 5.92 Å². The zero-order valence-corrected chi connectivity index (χ0v) is 9.78. The molecule has 0 amide bonds. The van der Waals surface area contributed by atoms with Crippen LogP contribution in [0.4, 0.5) is 0 Å². The molecule has 1 aliphatic heterocycles. The summed E-state index contributed by atoms with van der Waals surface area (Å²) in [7, 11) is 0. The normalized spacial score (nSPS) is 26.8. The maximum atomic E-state index is 8.97. The standard InChI is InChI=1S/C12H24N2O/c1-10(9-15)13-12-4-6-14(7-5-12)8-11-2-3-11/h10-13,15H,2-9H2,1H3/t10-/m1/s1. The summed E-state index contributed by atoms with van der Waals surface area (Å²) < 4.78 is 0. The first-order chi connectivity index (χ1) is 7.28. The zero-order valence-electron chi connectivity index (χ0n) is 9.78. The largest absolute Gasteiger partial charge is 0.395 e. The van der Waals surface area contributed by atoms with Gasteiger partial charge in [-0.2, -0.15) is 0 Å². The van der Waals surface area contributed by atoms with E-state index in [0.29, 0.717) is 6.04 Å². The lowest BCUT2D eigenvalue weighted by molar-refractivity contribution is 0.171. The van der Waals surface area contributed by atoms with Gasteiger partial charge < -0.3 is 15.3 Å². The summed E-state index contributed by atoms with van der Waals surface area (Å²) >= 11 is 0. The number of piperidine rings is 1. The molecular formula is C12H24N2O. The predicted octanol–water partition coefficient (Wildman–Crippen LogP) is 0.831. The predicted molar refractivity (Wildman–Crippen MR) is 61.9 cm³/mol. The second-order valence-electron chi connectivity index (χ2n) is 5.27. The van der Waals surface area contributed by atoms with Crippen LogP contribution in [0.15, 0.2) is 0 Å². The van der Waals surface area contributed by atoms with Gasteiger partial charge in [-0.05, 0) is 51.6 Å². The Labute approximate surface area is 92.8 Å². The van der Waals surface area contributed by atoms with E-state index >= 15 is 0 Å². The van der Waals surface area contributed by atoms with Crippen molar-refractivity contribution in [2.24, 2.45) is 5.92 Å². The molecule has 1 atom stereocenters. The van der Waals surface area contributed by atoms with E-state index in [1.807, 2.05) is 0 Å². The molecule has 88 valence electrons. The Morgan fingerprint density at radius 1 is 1.27 bits per heavy atom. The van der Waals surface area contributed by atoms with E-state index in [1.54, 1.807) is 0 Å². The third-order valence-corrected chi connectivity index (χ3v) is 3.59. The lowest BCUT2D eigenvalue weighted by Crippen LogP contribution is -2.46. The molecule has 2 aliphatic rings. The Kier molecular flexibility index (Phi) is 4.00. The summed E-state index contributed by atoms with van der Waals surface area (Å²) in [6.07, 6.45) is 5.41. The van der Waals surface area contributed by atoms with Crippen LogP contribution in [0.2, 0.25) is 0 Å². The van der Waals surface area contributed by atoms with Gasteiger partial charge in [0.1, 0.15) is 0 Å². The number of rotatable bonds is 5. The van der Waals surface area contributed by atoms with Crippen LogP contribution in [0.1, 0.15) is 32.6 Å². The van der Waals surface area contributed by atoms with Gasteiger partial charge in [0, 0.05) is 18.6 Å². The lowest BCUT2D eigenvalue weighted by atomic mass is 10.0. The number of nitrogens with zero attached hydrogens (tertiary/aromatic N) is 1. The molecule has 3 nitrogen and oxygen atoms in total. The number of nitrogens with one attached hydrogen (secondary N) is 1. The summed E-state index contributed by atoms with van der Waals surface area (Å²) in [5.41, 5.74) is 0. The average Bonchev–Trinajstić information content (AvgIpc) is 3.05. The fraction of sp³-hybridized carbons (Fsp3) is 1.00. The second kappa shape index (κ2) is 5.28. The summed E-state index contributed by atoms with van der Waals surface area (Å²) in [5.74, 6) is 1.02. The molecule has 2 fully saturated rings. The van der Waals surface area contributed by atoms with Crippen molar-refractivity contribution in [3.8, 4) is 0 Å². The molecule has 15 heavy (non-hydrogen) atoms. The van der Waals surface area contributed by atoms with Crippen molar-refractivity contribution in [3.05, 3.63) is 0 Å². The van der Waals surface area contributed by atoms with Gasteiger partial charge >= 0.3 is 0 Å². The molecule has 1 aliphatic carbocycles. The Morgan fingerprint density at radius 2 is 1.93 bits per heavy atom. The van der Waals surface area contributed by atoms with E-state index in [9.17, 15) is 0 Å². The highest BCUT2D eigenvalue weighted by atomic mass is 16.3. The van der Waals surface area contributed by atoms with Crippen molar-refractivity contribution in [2.45, 2.75) is 44.7 Å². The average molecular weight is 212 g/mol. The molecule has 0 bridgehead atoms. The summed E-state index contributed by atoms with van der Waals surface area (Å²) in [6.45, 7) is 6.12. The molecule has 2 rings (SSSR count). The molecular weight excluding hydrogens is 188 g/mol. The second-order valence-corrected chi connectivity index (χ2v) is 5.27. The Bertz CT molecular complexity index is 186. The molecule has 0 aromatic rings. The van der Waals surface area contributed by atoms with E-state index < -0.39 is 0 Å². The molecule has 1 saturated carbocycles. The highest BCUT2D eigenvalue weighted by Crippen LogP contribution is 2.30. The number of likely N-dealkylation sites (tertiary alicyclic amines) is 1. The number of hydrogen-bond donors (Lipinski definition) is 2. The van der Waals surface area contributed by atoms with Crippen LogP contribution in [-0.4, -0.2) is 48.3 Å². The molecule has 0 aromatic heterocycles. The van der Waals surface area contributed by atoms with Gasteiger partial charge in [-0.25, -0.2) is 0 Å². The van der Waals surface area contributed by atoms with Gasteiger partial charge in [0.2, 0.25) is 0 Å². The number of hydrogen-bond acceptors (Lipinski definition) is 3. The van der Waals surface area contributed by atoms with Crippen LogP contribution in [0.3, 0.4) is 0 Å². The van der Waals surface area contributed by atoms with E-state index in [2.05, 4.69) is 17.1 Å². The molecule has 1 saturated heterocycles. The van der Waals surface area contributed by atoms with Crippen LogP contribution in [0.5, 0.6) is 0 Å². The Balaban J connectivity index is 1.62. The van der Waals surface area contributed by atoms with Crippen LogP contribution in [0.25, 0.3) is 0 Å². The third-order valence-electron chi connectivity index (χ3n) is 3.59. The molecule has 3 heteroatoms. The zero-order chi connectivity index (χ0) is 10.7. The molecule has 2 N–H and O–H groups in total. The van der Waals surface area contributed by atoms with E-state index in [-0.39, 0.29) is 12.6 Å². The summed E-state index contributed by atoms with van der Waals surface area (Å²) in [6, 6.07) is 0.882. The van der Waals surface area contributed by atoms with Crippen molar-refractivity contribution in [2.75, 3.05) is 26.2 Å². The highest BCUT2D eigenvalue weighted by molar-refractivity contribution is 4.83. The summed E-state index contributed by atoms with van der Waals surface area (Å²) in [5, 5.41) is 12.5. The molecule has 0 spiro atoms. The van der Waals surface area contributed by atoms with E-state index in [4.69, 9.17) is 5.11 Å².